The van der Waals surface area contributed by atoms with Crippen LogP contribution >= 0.6 is 11.8 Å². The molecule has 4 nitrogen and oxygen atoms in total. The molecule has 0 aliphatic rings. The minimum Gasteiger partial charge on any atom is -0.398 e. The van der Waals surface area contributed by atoms with Crippen molar-refractivity contribution in [3.63, 3.8) is 0 Å². The fraction of sp³-hybridized carbons (Fsp3) is 0.385. The van der Waals surface area contributed by atoms with Crippen molar-refractivity contribution in [2.45, 2.75) is 37.3 Å². The Morgan fingerprint density at radius 1 is 1.39 bits per heavy atom. The number of nitrogens with two attached hydrogens (primary N) is 1. The summed E-state index contributed by atoms with van der Waals surface area (Å²) in [6, 6.07) is 6.06. The van der Waals surface area contributed by atoms with Gasteiger partial charge in [0, 0.05) is 17.0 Å². The van der Waals surface area contributed by atoms with Gasteiger partial charge in [0.1, 0.15) is 0 Å². The Morgan fingerprint density at radius 3 is 2.94 bits per heavy atom. The minimum absolute atomic E-state index is 0.681. The molecule has 0 fully saturated rings. The second kappa shape index (κ2) is 5.91. The summed E-state index contributed by atoms with van der Waals surface area (Å²) in [6.07, 6.45) is 1.85. The quantitative estimate of drug-likeness (QED) is 0.663. The Labute approximate surface area is 111 Å². The van der Waals surface area contributed by atoms with Crippen LogP contribution in [0.4, 0.5) is 5.69 Å². The van der Waals surface area contributed by atoms with Crippen LogP contribution in [0, 0.1) is 6.92 Å². The Balaban J connectivity index is 1.97. The highest BCUT2D eigenvalue weighted by molar-refractivity contribution is 7.98. The van der Waals surface area contributed by atoms with Crippen molar-refractivity contribution in [1.82, 2.24) is 10.1 Å². The van der Waals surface area contributed by atoms with Gasteiger partial charge in [0.15, 0.2) is 5.82 Å². The maximum absolute atomic E-state index is 5.95. The molecule has 0 saturated heterocycles. The van der Waals surface area contributed by atoms with Crippen LogP contribution in [-0.4, -0.2) is 10.1 Å². The molecular formula is C13H17N3OS. The summed E-state index contributed by atoms with van der Waals surface area (Å²) >= 11 is 1.63. The number of benzene rings is 1. The first kappa shape index (κ1) is 13.0. The van der Waals surface area contributed by atoms with E-state index in [1.165, 1.54) is 5.56 Å². The molecule has 2 rings (SSSR count). The lowest BCUT2D eigenvalue weighted by molar-refractivity contribution is 0.373. The zero-order valence-electron chi connectivity index (χ0n) is 10.6. The molecule has 2 aromatic rings. The molecular weight excluding hydrogens is 246 g/mol. The molecule has 1 aromatic carbocycles. The SMILES string of the molecule is CCCc1nc(CSc2ccc(C)cc2N)no1. The molecule has 0 aliphatic carbocycles. The van der Waals surface area contributed by atoms with E-state index in [1.807, 2.05) is 19.1 Å². The predicted octanol–water partition coefficient (Wildman–Crippen LogP) is 3.21. The van der Waals surface area contributed by atoms with Crippen molar-refractivity contribution in [1.29, 1.82) is 0 Å². The summed E-state index contributed by atoms with van der Waals surface area (Å²) in [5.41, 5.74) is 7.92. The molecule has 0 aliphatic heterocycles. The van der Waals surface area contributed by atoms with Gasteiger partial charge in [-0.05, 0) is 31.0 Å². The van der Waals surface area contributed by atoms with Crippen LogP contribution in [0.1, 0.15) is 30.6 Å². The molecule has 0 amide bonds. The molecule has 0 bridgehead atoms. The molecule has 5 heteroatoms. The van der Waals surface area contributed by atoms with Crippen LogP contribution in [0.15, 0.2) is 27.6 Å². The van der Waals surface area contributed by atoms with Gasteiger partial charge in [0.05, 0.1) is 5.75 Å². The molecule has 0 saturated carbocycles. The van der Waals surface area contributed by atoms with Crippen molar-refractivity contribution in [3.05, 3.63) is 35.5 Å². The van der Waals surface area contributed by atoms with Crippen LogP contribution in [-0.2, 0) is 12.2 Å². The van der Waals surface area contributed by atoms with Crippen molar-refractivity contribution in [2.75, 3.05) is 5.73 Å². The van der Waals surface area contributed by atoms with Crippen LogP contribution in [0.2, 0.25) is 0 Å². The highest BCUT2D eigenvalue weighted by atomic mass is 32.2. The molecule has 2 N–H and O–H groups in total. The molecule has 0 unspecified atom stereocenters. The summed E-state index contributed by atoms with van der Waals surface area (Å²) in [7, 11) is 0. The normalized spacial score (nSPS) is 10.8. The molecule has 1 heterocycles. The topological polar surface area (TPSA) is 64.9 Å². The second-order valence-corrected chi connectivity index (χ2v) is 5.20. The zero-order valence-corrected chi connectivity index (χ0v) is 11.5. The number of anilines is 1. The first-order valence-corrected chi connectivity index (χ1v) is 6.98. The lowest BCUT2D eigenvalue weighted by Gasteiger charge is -2.04. The van der Waals surface area contributed by atoms with E-state index in [0.717, 1.165) is 29.2 Å². The van der Waals surface area contributed by atoms with E-state index in [4.69, 9.17) is 10.3 Å². The monoisotopic (exact) mass is 263 g/mol. The summed E-state index contributed by atoms with van der Waals surface area (Å²) in [6.45, 7) is 4.12. The number of aryl methyl sites for hydroxylation is 2. The fourth-order valence-electron chi connectivity index (χ4n) is 1.61. The number of nitrogens with zero attached hydrogens (tertiary/aromatic N) is 2. The van der Waals surface area contributed by atoms with E-state index >= 15 is 0 Å². The van der Waals surface area contributed by atoms with Gasteiger partial charge in [-0.15, -0.1) is 11.8 Å². The number of rotatable bonds is 5. The number of hydrogen-bond donors (Lipinski definition) is 1. The van der Waals surface area contributed by atoms with E-state index in [9.17, 15) is 0 Å². The third-order valence-corrected chi connectivity index (χ3v) is 3.58. The van der Waals surface area contributed by atoms with E-state index in [1.54, 1.807) is 11.8 Å². The third kappa shape index (κ3) is 3.26. The van der Waals surface area contributed by atoms with E-state index < -0.39 is 0 Å². The Morgan fingerprint density at radius 2 is 2.22 bits per heavy atom. The van der Waals surface area contributed by atoms with Gasteiger partial charge in [-0.25, -0.2) is 0 Å². The van der Waals surface area contributed by atoms with E-state index in [0.29, 0.717) is 11.6 Å². The van der Waals surface area contributed by atoms with Gasteiger partial charge in [0.25, 0.3) is 0 Å². The largest absolute Gasteiger partial charge is 0.398 e. The van der Waals surface area contributed by atoms with Crippen molar-refractivity contribution >= 4 is 17.4 Å². The lowest BCUT2D eigenvalue weighted by Crippen LogP contribution is -1.91. The van der Waals surface area contributed by atoms with Crippen molar-refractivity contribution < 1.29 is 4.52 Å². The summed E-state index contributed by atoms with van der Waals surface area (Å²) in [4.78, 5) is 5.38. The van der Waals surface area contributed by atoms with Gasteiger partial charge >= 0.3 is 0 Å². The summed E-state index contributed by atoms with van der Waals surface area (Å²) in [5.74, 6) is 2.12. The van der Waals surface area contributed by atoms with Crippen molar-refractivity contribution in [2.24, 2.45) is 0 Å². The third-order valence-electron chi connectivity index (χ3n) is 2.50. The number of hydrogen-bond acceptors (Lipinski definition) is 5. The molecule has 0 radical (unpaired) electrons. The van der Waals surface area contributed by atoms with Gasteiger partial charge in [-0.3, -0.25) is 0 Å². The van der Waals surface area contributed by atoms with Gasteiger partial charge in [0.2, 0.25) is 5.89 Å². The van der Waals surface area contributed by atoms with Crippen LogP contribution < -0.4 is 5.73 Å². The van der Waals surface area contributed by atoms with E-state index in [2.05, 4.69) is 23.1 Å². The average molecular weight is 263 g/mol. The maximum Gasteiger partial charge on any atom is 0.226 e. The molecule has 96 valence electrons. The Hall–Kier alpha value is -1.49. The molecule has 0 spiro atoms. The van der Waals surface area contributed by atoms with Crippen LogP contribution in [0.5, 0.6) is 0 Å². The number of aromatic nitrogens is 2. The highest BCUT2D eigenvalue weighted by Crippen LogP contribution is 2.28. The standard InChI is InChI=1S/C13H17N3OS/c1-3-4-13-15-12(16-17-13)8-18-11-6-5-9(2)7-10(11)14/h5-7H,3-4,8,14H2,1-2H3. The molecule has 0 atom stereocenters. The number of thioether (sulfide) groups is 1. The minimum atomic E-state index is 0.681. The Kier molecular flexibility index (Phi) is 4.25. The smallest absolute Gasteiger partial charge is 0.226 e. The second-order valence-electron chi connectivity index (χ2n) is 4.18. The predicted molar refractivity (Wildman–Crippen MR) is 73.4 cm³/mol. The first-order valence-electron chi connectivity index (χ1n) is 5.99. The van der Waals surface area contributed by atoms with Gasteiger partial charge in [-0.2, -0.15) is 4.98 Å². The van der Waals surface area contributed by atoms with E-state index in [-0.39, 0.29) is 0 Å². The Bertz CT molecular complexity index is 525. The number of nitrogen functional groups attached to an aromatic ring is 1. The van der Waals surface area contributed by atoms with Gasteiger partial charge in [-0.1, -0.05) is 18.1 Å². The first-order chi connectivity index (χ1) is 8.69. The highest BCUT2D eigenvalue weighted by Gasteiger charge is 2.07. The van der Waals surface area contributed by atoms with Crippen LogP contribution in [0.25, 0.3) is 0 Å². The van der Waals surface area contributed by atoms with Crippen molar-refractivity contribution in [3.8, 4) is 0 Å². The molecule has 1 aromatic heterocycles. The summed E-state index contributed by atoms with van der Waals surface area (Å²) < 4.78 is 5.14. The van der Waals surface area contributed by atoms with Crippen LogP contribution in [0.3, 0.4) is 0 Å². The fourth-order valence-corrected chi connectivity index (χ4v) is 2.40. The lowest BCUT2D eigenvalue weighted by atomic mass is 10.2. The van der Waals surface area contributed by atoms with Gasteiger partial charge < -0.3 is 10.3 Å². The maximum atomic E-state index is 5.95. The zero-order chi connectivity index (χ0) is 13.0. The summed E-state index contributed by atoms with van der Waals surface area (Å²) in [5, 5.41) is 3.95. The average Bonchev–Trinajstić information content (AvgIpc) is 2.76. The molecule has 18 heavy (non-hydrogen) atoms.